The Balaban J connectivity index is 2.15. The summed E-state index contributed by atoms with van der Waals surface area (Å²) in [5.74, 6) is 0.936. The minimum Gasteiger partial charge on any atom is -0.465 e. The zero-order valence-electron chi connectivity index (χ0n) is 7.94. The van der Waals surface area contributed by atoms with Crippen LogP contribution in [-0.4, -0.2) is 17.8 Å². The van der Waals surface area contributed by atoms with Crippen molar-refractivity contribution in [1.82, 2.24) is 0 Å². The van der Waals surface area contributed by atoms with Gasteiger partial charge in [0.15, 0.2) is 0 Å². The van der Waals surface area contributed by atoms with Crippen molar-refractivity contribution < 1.29 is 14.3 Å². The number of rotatable bonds is 2. The summed E-state index contributed by atoms with van der Waals surface area (Å²) in [7, 11) is 0. The Morgan fingerprint density at radius 3 is 2.93 bits per heavy atom. The fourth-order valence-corrected chi connectivity index (χ4v) is 2.22. The first-order valence-electron chi connectivity index (χ1n) is 4.72. The van der Waals surface area contributed by atoms with E-state index in [9.17, 15) is 5.11 Å². The number of aliphatic hydroxyl groups is 1. The highest BCUT2D eigenvalue weighted by Gasteiger charge is 2.34. The lowest BCUT2D eigenvalue weighted by atomic mass is 9.98. The van der Waals surface area contributed by atoms with Crippen molar-refractivity contribution in [2.75, 3.05) is 6.61 Å². The van der Waals surface area contributed by atoms with Gasteiger partial charge in [-0.1, -0.05) is 6.92 Å². The number of aliphatic hydroxyl groups excluding tert-OH is 1. The maximum absolute atomic E-state index is 10.0. The van der Waals surface area contributed by atoms with Gasteiger partial charge in [0, 0.05) is 6.61 Å². The van der Waals surface area contributed by atoms with Gasteiger partial charge in [0.1, 0.15) is 11.9 Å². The highest BCUT2D eigenvalue weighted by molar-refractivity contribution is 9.10. The molecule has 78 valence electrons. The van der Waals surface area contributed by atoms with E-state index in [2.05, 4.69) is 22.9 Å². The SMILES string of the molecule is CC1CCOC1C(O)c1occc1Br. The minimum absolute atomic E-state index is 0.141. The average Bonchev–Trinajstić information content (AvgIpc) is 2.73. The van der Waals surface area contributed by atoms with Gasteiger partial charge in [-0.15, -0.1) is 0 Å². The van der Waals surface area contributed by atoms with Crippen molar-refractivity contribution in [3.63, 3.8) is 0 Å². The zero-order chi connectivity index (χ0) is 10.1. The smallest absolute Gasteiger partial charge is 0.149 e. The van der Waals surface area contributed by atoms with Crippen LogP contribution in [0.2, 0.25) is 0 Å². The first kappa shape index (κ1) is 10.2. The molecule has 1 aliphatic rings. The first-order chi connectivity index (χ1) is 6.70. The van der Waals surface area contributed by atoms with E-state index >= 15 is 0 Å². The van der Waals surface area contributed by atoms with Crippen molar-refractivity contribution in [1.29, 1.82) is 0 Å². The molecule has 2 heterocycles. The Morgan fingerprint density at radius 1 is 1.64 bits per heavy atom. The molecule has 4 heteroatoms. The molecule has 14 heavy (non-hydrogen) atoms. The van der Waals surface area contributed by atoms with Gasteiger partial charge >= 0.3 is 0 Å². The molecule has 0 amide bonds. The van der Waals surface area contributed by atoms with Gasteiger partial charge in [-0.05, 0) is 34.3 Å². The normalized spacial score (nSPS) is 29.4. The van der Waals surface area contributed by atoms with Crippen LogP contribution in [0.5, 0.6) is 0 Å². The molecule has 0 aliphatic carbocycles. The molecule has 1 N–H and O–H groups in total. The van der Waals surface area contributed by atoms with Crippen molar-refractivity contribution >= 4 is 15.9 Å². The lowest BCUT2D eigenvalue weighted by molar-refractivity contribution is -0.0281. The third-order valence-electron chi connectivity index (χ3n) is 2.67. The van der Waals surface area contributed by atoms with E-state index < -0.39 is 6.10 Å². The van der Waals surface area contributed by atoms with Gasteiger partial charge in [-0.3, -0.25) is 0 Å². The molecule has 2 rings (SSSR count). The van der Waals surface area contributed by atoms with Gasteiger partial charge in [-0.25, -0.2) is 0 Å². The maximum Gasteiger partial charge on any atom is 0.149 e. The quantitative estimate of drug-likeness (QED) is 0.889. The molecule has 1 aromatic heterocycles. The standard InChI is InChI=1S/C10H13BrO3/c1-6-2-4-13-9(6)8(12)10-7(11)3-5-14-10/h3,5-6,8-9,12H,2,4H2,1H3. The summed E-state index contributed by atoms with van der Waals surface area (Å²) < 4.78 is 11.5. The lowest BCUT2D eigenvalue weighted by Crippen LogP contribution is -2.22. The topological polar surface area (TPSA) is 42.6 Å². The molecule has 0 spiro atoms. The Kier molecular flexibility index (Phi) is 2.95. The predicted molar refractivity (Wildman–Crippen MR) is 54.9 cm³/mol. The number of hydrogen-bond donors (Lipinski definition) is 1. The molecule has 3 unspecified atom stereocenters. The van der Waals surface area contributed by atoms with Crippen LogP contribution in [0, 0.1) is 5.92 Å². The largest absolute Gasteiger partial charge is 0.465 e. The lowest BCUT2D eigenvalue weighted by Gasteiger charge is -2.19. The van der Waals surface area contributed by atoms with Gasteiger partial charge < -0.3 is 14.3 Å². The van der Waals surface area contributed by atoms with E-state index in [1.807, 2.05) is 0 Å². The molecule has 0 bridgehead atoms. The summed E-state index contributed by atoms with van der Waals surface area (Å²) in [6.45, 7) is 2.80. The predicted octanol–water partition coefficient (Wildman–Crippen LogP) is 2.50. The number of hydrogen-bond acceptors (Lipinski definition) is 3. The van der Waals surface area contributed by atoms with E-state index in [-0.39, 0.29) is 6.10 Å². The van der Waals surface area contributed by atoms with Crippen LogP contribution in [0.25, 0.3) is 0 Å². The van der Waals surface area contributed by atoms with Crippen molar-refractivity contribution in [3.8, 4) is 0 Å². The molecule has 1 aliphatic heterocycles. The molecule has 1 saturated heterocycles. The molecule has 3 atom stereocenters. The summed E-state index contributed by atoms with van der Waals surface area (Å²) in [5.41, 5.74) is 0. The van der Waals surface area contributed by atoms with Crippen molar-refractivity contribution in [2.24, 2.45) is 5.92 Å². The second kappa shape index (κ2) is 4.04. The Bertz CT molecular complexity index is 310. The molecule has 0 aromatic carbocycles. The summed E-state index contributed by atoms with van der Waals surface area (Å²) >= 11 is 3.32. The van der Waals surface area contributed by atoms with Crippen LogP contribution in [0.1, 0.15) is 25.2 Å². The maximum atomic E-state index is 10.0. The van der Waals surface area contributed by atoms with Crippen LogP contribution >= 0.6 is 15.9 Å². The Hall–Kier alpha value is -0.320. The van der Waals surface area contributed by atoms with E-state index in [4.69, 9.17) is 9.15 Å². The molecule has 0 saturated carbocycles. The molecule has 0 radical (unpaired) electrons. The second-order valence-corrected chi connectivity index (χ2v) is 4.53. The molecular weight excluding hydrogens is 248 g/mol. The van der Waals surface area contributed by atoms with Crippen LogP contribution in [0.3, 0.4) is 0 Å². The molecule has 3 nitrogen and oxygen atoms in total. The van der Waals surface area contributed by atoms with Gasteiger partial charge in [-0.2, -0.15) is 0 Å². The molecule has 1 fully saturated rings. The van der Waals surface area contributed by atoms with E-state index in [0.717, 1.165) is 17.5 Å². The van der Waals surface area contributed by atoms with E-state index in [0.29, 0.717) is 11.7 Å². The zero-order valence-corrected chi connectivity index (χ0v) is 9.53. The van der Waals surface area contributed by atoms with E-state index in [1.165, 1.54) is 0 Å². The Labute approximate surface area is 91.2 Å². The van der Waals surface area contributed by atoms with Crippen LogP contribution in [-0.2, 0) is 4.74 Å². The third-order valence-corrected chi connectivity index (χ3v) is 3.32. The van der Waals surface area contributed by atoms with Gasteiger partial charge in [0.25, 0.3) is 0 Å². The van der Waals surface area contributed by atoms with Crippen LogP contribution in [0.4, 0.5) is 0 Å². The van der Waals surface area contributed by atoms with Gasteiger partial charge in [0.2, 0.25) is 0 Å². The number of halogens is 1. The van der Waals surface area contributed by atoms with Crippen molar-refractivity contribution in [2.45, 2.75) is 25.6 Å². The second-order valence-electron chi connectivity index (χ2n) is 3.68. The summed E-state index contributed by atoms with van der Waals surface area (Å²) in [6.07, 6.45) is 1.75. The highest BCUT2D eigenvalue weighted by atomic mass is 79.9. The third kappa shape index (κ3) is 1.74. The monoisotopic (exact) mass is 260 g/mol. The van der Waals surface area contributed by atoms with E-state index in [1.54, 1.807) is 12.3 Å². The molecular formula is C10H13BrO3. The first-order valence-corrected chi connectivity index (χ1v) is 5.52. The fourth-order valence-electron chi connectivity index (χ4n) is 1.79. The number of furan rings is 1. The van der Waals surface area contributed by atoms with Gasteiger partial charge in [0.05, 0.1) is 16.8 Å². The number of ether oxygens (including phenoxy) is 1. The average molecular weight is 261 g/mol. The van der Waals surface area contributed by atoms with Crippen LogP contribution in [0.15, 0.2) is 21.2 Å². The van der Waals surface area contributed by atoms with Crippen molar-refractivity contribution in [3.05, 3.63) is 22.6 Å². The van der Waals surface area contributed by atoms with Crippen LogP contribution < -0.4 is 0 Å². The summed E-state index contributed by atoms with van der Waals surface area (Å²) in [4.78, 5) is 0. The summed E-state index contributed by atoms with van der Waals surface area (Å²) in [6, 6.07) is 1.78. The Morgan fingerprint density at radius 2 is 2.43 bits per heavy atom. The highest BCUT2D eigenvalue weighted by Crippen LogP contribution is 2.34. The minimum atomic E-state index is -0.670. The fraction of sp³-hybridized carbons (Fsp3) is 0.600. The molecule has 1 aromatic rings. The summed E-state index contributed by atoms with van der Waals surface area (Å²) in [5, 5.41) is 10.0.